The van der Waals surface area contributed by atoms with E-state index in [1.54, 1.807) is 6.08 Å². The molecule has 1 heteroatoms. The number of allylic oxidation sites excluding steroid dienone is 5. The van der Waals surface area contributed by atoms with Gasteiger partial charge < -0.3 is 4.79 Å². The first-order valence-corrected chi connectivity index (χ1v) is 4.61. The summed E-state index contributed by atoms with van der Waals surface area (Å²) in [6, 6.07) is 0. The van der Waals surface area contributed by atoms with Crippen molar-refractivity contribution in [3.8, 4) is 0 Å². The van der Waals surface area contributed by atoms with Gasteiger partial charge in [0.05, 0.1) is 0 Å². The van der Waals surface area contributed by atoms with Crippen molar-refractivity contribution in [3.05, 3.63) is 36.0 Å². The molecule has 0 aliphatic rings. The normalized spacial score (nSPS) is 12.8. The van der Waals surface area contributed by atoms with Crippen LogP contribution >= 0.6 is 0 Å². The van der Waals surface area contributed by atoms with Gasteiger partial charge in [-0.15, -0.1) is 0 Å². The monoisotopic (exact) mass is 178 g/mol. The van der Waals surface area contributed by atoms with E-state index in [0.717, 1.165) is 24.7 Å². The van der Waals surface area contributed by atoms with Crippen molar-refractivity contribution in [3.63, 3.8) is 0 Å². The van der Waals surface area contributed by atoms with Gasteiger partial charge >= 0.3 is 0 Å². The topological polar surface area (TPSA) is 17.1 Å². The van der Waals surface area contributed by atoms with Gasteiger partial charge in [0.1, 0.15) is 6.29 Å². The van der Waals surface area contributed by atoms with E-state index in [9.17, 15) is 4.79 Å². The van der Waals surface area contributed by atoms with Crippen LogP contribution in [-0.2, 0) is 4.79 Å². The molecule has 0 aromatic rings. The molecule has 0 saturated heterocycles. The van der Waals surface area contributed by atoms with Crippen molar-refractivity contribution in [2.75, 3.05) is 0 Å². The third-order valence-corrected chi connectivity index (χ3v) is 2.02. The molecule has 0 heterocycles. The van der Waals surface area contributed by atoms with Gasteiger partial charge in [-0.2, -0.15) is 0 Å². The van der Waals surface area contributed by atoms with Gasteiger partial charge in [0.2, 0.25) is 0 Å². The highest BCUT2D eigenvalue weighted by atomic mass is 16.1. The summed E-state index contributed by atoms with van der Waals surface area (Å²) in [5.74, 6) is 0. The fraction of sp³-hybridized carbons (Fsp3) is 0.417. The highest BCUT2D eigenvalue weighted by Gasteiger charge is 1.90. The van der Waals surface area contributed by atoms with Gasteiger partial charge in [0.25, 0.3) is 0 Å². The first-order valence-electron chi connectivity index (χ1n) is 4.61. The average Bonchev–Trinajstić information content (AvgIpc) is 2.16. The van der Waals surface area contributed by atoms with E-state index in [1.165, 1.54) is 5.57 Å². The Morgan fingerprint density at radius 1 is 1.46 bits per heavy atom. The molecule has 0 rings (SSSR count). The van der Waals surface area contributed by atoms with E-state index in [-0.39, 0.29) is 0 Å². The second-order valence-electron chi connectivity index (χ2n) is 3.03. The fourth-order valence-corrected chi connectivity index (χ4v) is 0.976. The molecule has 0 atom stereocenters. The smallest absolute Gasteiger partial charge is 0.124 e. The average molecular weight is 178 g/mol. The zero-order valence-corrected chi connectivity index (χ0v) is 8.55. The molecule has 0 aliphatic carbocycles. The molecule has 0 aliphatic heterocycles. The van der Waals surface area contributed by atoms with Crippen molar-refractivity contribution in [1.29, 1.82) is 0 Å². The Balaban J connectivity index is 3.92. The first-order chi connectivity index (χ1) is 6.24. The van der Waals surface area contributed by atoms with Gasteiger partial charge in [0, 0.05) is 6.42 Å². The Morgan fingerprint density at radius 2 is 2.15 bits per heavy atom. The zero-order chi connectivity index (χ0) is 10.1. The van der Waals surface area contributed by atoms with E-state index < -0.39 is 0 Å². The molecule has 1 nitrogen and oxygen atoms in total. The first kappa shape index (κ1) is 11.9. The Bertz CT molecular complexity index is 221. The largest absolute Gasteiger partial charge is 0.303 e. The molecule has 0 N–H and O–H groups in total. The third kappa shape index (κ3) is 6.09. The van der Waals surface area contributed by atoms with E-state index in [0.29, 0.717) is 6.42 Å². The molecule has 0 spiro atoms. The van der Waals surface area contributed by atoms with Crippen molar-refractivity contribution >= 4 is 6.29 Å². The maximum Gasteiger partial charge on any atom is 0.124 e. The van der Waals surface area contributed by atoms with Crippen molar-refractivity contribution in [2.45, 2.75) is 33.1 Å². The quantitative estimate of drug-likeness (QED) is 0.346. The van der Waals surface area contributed by atoms with Crippen LogP contribution in [0.4, 0.5) is 0 Å². The van der Waals surface area contributed by atoms with Crippen LogP contribution in [0.25, 0.3) is 0 Å². The van der Waals surface area contributed by atoms with E-state index in [1.807, 2.05) is 6.92 Å². The van der Waals surface area contributed by atoms with Crippen LogP contribution in [-0.4, -0.2) is 6.29 Å². The fourth-order valence-electron chi connectivity index (χ4n) is 0.976. The van der Waals surface area contributed by atoms with Gasteiger partial charge in [0.15, 0.2) is 0 Å². The summed E-state index contributed by atoms with van der Waals surface area (Å²) in [7, 11) is 0. The van der Waals surface area contributed by atoms with Gasteiger partial charge in [-0.1, -0.05) is 30.4 Å². The lowest BCUT2D eigenvalue weighted by Gasteiger charge is -1.97. The lowest BCUT2D eigenvalue weighted by atomic mass is 10.1. The Hall–Kier alpha value is -1.11. The van der Waals surface area contributed by atoms with Gasteiger partial charge in [-0.25, -0.2) is 0 Å². The van der Waals surface area contributed by atoms with E-state index in [2.05, 4.69) is 25.7 Å². The Labute approximate surface area is 80.8 Å². The van der Waals surface area contributed by atoms with Crippen molar-refractivity contribution < 1.29 is 4.79 Å². The number of carbonyl (C=O) groups is 1. The molecule has 0 aromatic heterocycles. The number of hydrogen-bond donors (Lipinski definition) is 0. The summed E-state index contributed by atoms with van der Waals surface area (Å²) in [5, 5.41) is 0. The molecule has 0 aromatic carbocycles. The number of carbonyl (C=O) groups excluding carboxylic acids is 1. The SMILES string of the molecule is C=CC(=CCC/C(C)=C\C)CC=O. The van der Waals surface area contributed by atoms with Crippen molar-refractivity contribution in [1.82, 2.24) is 0 Å². The van der Waals surface area contributed by atoms with E-state index in [4.69, 9.17) is 0 Å². The minimum atomic E-state index is 0.485. The lowest BCUT2D eigenvalue weighted by molar-refractivity contribution is -0.107. The molecular weight excluding hydrogens is 160 g/mol. The molecule has 72 valence electrons. The molecule has 0 unspecified atom stereocenters. The van der Waals surface area contributed by atoms with Crippen LogP contribution in [0.15, 0.2) is 36.0 Å². The minimum absolute atomic E-state index is 0.485. The second kappa shape index (κ2) is 7.53. The predicted molar refractivity (Wildman–Crippen MR) is 57.6 cm³/mol. The lowest BCUT2D eigenvalue weighted by Crippen LogP contribution is -1.81. The van der Waals surface area contributed by atoms with Gasteiger partial charge in [-0.3, -0.25) is 0 Å². The number of aldehydes is 1. The highest BCUT2D eigenvalue weighted by Crippen LogP contribution is 2.08. The summed E-state index contributed by atoms with van der Waals surface area (Å²) >= 11 is 0. The number of hydrogen-bond acceptors (Lipinski definition) is 1. The molecule has 0 radical (unpaired) electrons. The maximum absolute atomic E-state index is 10.2. The predicted octanol–water partition coefficient (Wildman–Crippen LogP) is 3.43. The number of rotatable bonds is 6. The molecule has 0 fully saturated rings. The summed E-state index contributed by atoms with van der Waals surface area (Å²) in [6.07, 6.45) is 9.39. The summed E-state index contributed by atoms with van der Waals surface area (Å²) < 4.78 is 0. The summed E-state index contributed by atoms with van der Waals surface area (Å²) in [6.45, 7) is 7.81. The second-order valence-corrected chi connectivity index (χ2v) is 3.03. The van der Waals surface area contributed by atoms with E-state index >= 15 is 0 Å². The Kier molecular flexibility index (Phi) is 6.89. The maximum atomic E-state index is 10.2. The molecular formula is C12H18O. The third-order valence-electron chi connectivity index (χ3n) is 2.02. The molecule has 0 bridgehead atoms. The standard InChI is InChI=1S/C12H18O/c1-4-11(3)7-6-8-12(5-2)9-10-13/h4-5,8,10H,2,6-7,9H2,1,3H3/b11-4-,12-8?. The summed E-state index contributed by atoms with van der Waals surface area (Å²) in [5.41, 5.74) is 2.41. The summed E-state index contributed by atoms with van der Waals surface area (Å²) in [4.78, 5) is 10.2. The van der Waals surface area contributed by atoms with Crippen LogP contribution in [0.3, 0.4) is 0 Å². The van der Waals surface area contributed by atoms with Crippen LogP contribution in [0, 0.1) is 0 Å². The molecule has 13 heavy (non-hydrogen) atoms. The highest BCUT2D eigenvalue weighted by molar-refractivity contribution is 5.55. The van der Waals surface area contributed by atoms with Crippen LogP contribution in [0.2, 0.25) is 0 Å². The van der Waals surface area contributed by atoms with Crippen LogP contribution in [0.1, 0.15) is 33.1 Å². The molecule has 0 amide bonds. The Morgan fingerprint density at radius 3 is 2.62 bits per heavy atom. The zero-order valence-electron chi connectivity index (χ0n) is 8.55. The van der Waals surface area contributed by atoms with Crippen LogP contribution in [0.5, 0.6) is 0 Å². The minimum Gasteiger partial charge on any atom is -0.303 e. The van der Waals surface area contributed by atoms with Gasteiger partial charge in [-0.05, 0) is 32.3 Å². The molecule has 0 saturated carbocycles. The van der Waals surface area contributed by atoms with Crippen LogP contribution < -0.4 is 0 Å². The van der Waals surface area contributed by atoms with Crippen molar-refractivity contribution in [2.24, 2.45) is 0 Å².